The maximum Gasteiger partial charge on any atom is 0.139 e. The van der Waals surface area contributed by atoms with Gasteiger partial charge in [0.1, 0.15) is 11.2 Å². The Bertz CT molecular complexity index is 979. The quantitative estimate of drug-likeness (QED) is 0.743. The molecule has 2 fully saturated rings. The number of aliphatic hydroxyl groups is 1. The summed E-state index contributed by atoms with van der Waals surface area (Å²) in [6.07, 6.45) is 7.30. The normalized spacial score (nSPS) is 26.3. The number of pyridine rings is 1. The third kappa shape index (κ3) is 3.37. The number of fused-ring (bicyclic) bond motifs is 1. The Morgan fingerprint density at radius 2 is 1.86 bits per heavy atom. The Morgan fingerprint density at radius 3 is 2.66 bits per heavy atom. The van der Waals surface area contributed by atoms with Crippen molar-refractivity contribution in [2.45, 2.75) is 37.5 Å². The molecular formula is C24H30N4O. The van der Waals surface area contributed by atoms with E-state index in [0.717, 1.165) is 50.4 Å². The molecule has 0 radical (unpaired) electrons. The molecule has 4 heterocycles. The Kier molecular flexibility index (Phi) is 4.90. The summed E-state index contributed by atoms with van der Waals surface area (Å²) in [6, 6.07) is 14.6. The van der Waals surface area contributed by atoms with Crippen LogP contribution >= 0.6 is 0 Å². The van der Waals surface area contributed by atoms with Crippen LogP contribution < -0.4 is 0 Å². The summed E-state index contributed by atoms with van der Waals surface area (Å²) in [5.41, 5.74) is 2.64. The van der Waals surface area contributed by atoms with E-state index in [1.165, 1.54) is 23.8 Å². The second-order valence-electron chi connectivity index (χ2n) is 8.67. The number of hydrogen-bond donors (Lipinski definition) is 1. The highest BCUT2D eigenvalue weighted by molar-refractivity contribution is 5.80. The van der Waals surface area contributed by atoms with Crippen molar-refractivity contribution in [3.05, 3.63) is 66.0 Å². The molecule has 2 aromatic heterocycles. The summed E-state index contributed by atoms with van der Waals surface area (Å²) >= 11 is 0. The molecule has 29 heavy (non-hydrogen) atoms. The molecule has 0 unspecified atom stereocenters. The first-order valence-electron chi connectivity index (χ1n) is 10.8. The van der Waals surface area contributed by atoms with Gasteiger partial charge in [-0.2, -0.15) is 0 Å². The lowest BCUT2D eigenvalue weighted by Gasteiger charge is -2.48. The van der Waals surface area contributed by atoms with Gasteiger partial charge in [0.15, 0.2) is 0 Å². The minimum absolute atomic E-state index is 0.134. The minimum Gasteiger partial charge on any atom is -0.383 e. The molecule has 5 heteroatoms. The van der Waals surface area contributed by atoms with Crippen LogP contribution in [0.15, 0.2) is 54.9 Å². The van der Waals surface area contributed by atoms with E-state index >= 15 is 0 Å². The van der Waals surface area contributed by atoms with Gasteiger partial charge in [-0.15, -0.1) is 0 Å². The lowest BCUT2D eigenvalue weighted by atomic mass is 9.79. The predicted molar refractivity (Wildman–Crippen MR) is 116 cm³/mol. The van der Waals surface area contributed by atoms with Crippen molar-refractivity contribution in [1.29, 1.82) is 0 Å². The fourth-order valence-corrected chi connectivity index (χ4v) is 5.32. The van der Waals surface area contributed by atoms with E-state index in [1.807, 2.05) is 30.5 Å². The second-order valence-corrected chi connectivity index (χ2v) is 8.67. The highest BCUT2D eigenvalue weighted by atomic mass is 16.3. The smallest absolute Gasteiger partial charge is 0.139 e. The van der Waals surface area contributed by atoms with Crippen molar-refractivity contribution in [3.63, 3.8) is 0 Å². The third-order valence-corrected chi connectivity index (χ3v) is 6.86. The van der Waals surface area contributed by atoms with Crippen LogP contribution in [0.25, 0.3) is 11.0 Å². The molecule has 0 saturated carbocycles. The Hall–Kier alpha value is -2.21. The Morgan fingerprint density at radius 1 is 1.07 bits per heavy atom. The number of aromatic nitrogens is 2. The van der Waals surface area contributed by atoms with Gasteiger partial charge >= 0.3 is 0 Å². The van der Waals surface area contributed by atoms with E-state index < -0.39 is 5.60 Å². The molecule has 1 N–H and O–H groups in total. The standard InChI is InChI=1S/C24H30N4O/c1-26-16-19(21-10-7-12-25-23(21)26)17-27-15-11-24(29,20-8-3-2-4-9-20)22(18-27)28-13-5-6-14-28/h2-4,7-10,12,16,22,29H,5-6,11,13-15,17-18H2,1H3/t22-,24+/m1/s1. The first-order valence-corrected chi connectivity index (χ1v) is 10.8. The molecule has 0 spiro atoms. The molecule has 2 aliphatic heterocycles. The molecule has 5 rings (SSSR count). The lowest BCUT2D eigenvalue weighted by Crippen LogP contribution is -2.60. The van der Waals surface area contributed by atoms with E-state index in [4.69, 9.17) is 0 Å². The van der Waals surface area contributed by atoms with Crippen LogP contribution in [-0.2, 0) is 19.2 Å². The van der Waals surface area contributed by atoms with Crippen LogP contribution in [-0.4, -0.2) is 56.7 Å². The van der Waals surface area contributed by atoms with Crippen molar-refractivity contribution in [2.24, 2.45) is 7.05 Å². The molecule has 3 aromatic rings. The zero-order chi connectivity index (χ0) is 19.8. The summed E-state index contributed by atoms with van der Waals surface area (Å²) in [5.74, 6) is 0. The average Bonchev–Trinajstić information content (AvgIpc) is 3.39. The highest BCUT2D eigenvalue weighted by Gasteiger charge is 2.46. The van der Waals surface area contributed by atoms with Crippen molar-refractivity contribution in [2.75, 3.05) is 26.2 Å². The zero-order valence-corrected chi connectivity index (χ0v) is 17.2. The van der Waals surface area contributed by atoms with Crippen LogP contribution in [0.2, 0.25) is 0 Å². The average molecular weight is 391 g/mol. The first kappa shape index (κ1) is 18.8. The summed E-state index contributed by atoms with van der Waals surface area (Å²) in [5, 5.41) is 13.1. The Balaban J connectivity index is 1.42. The fourth-order valence-electron chi connectivity index (χ4n) is 5.32. The molecule has 2 aliphatic rings. The number of piperidine rings is 1. The van der Waals surface area contributed by atoms with Gasteiger partial charge in [0.25, 0.3) is 0 Å². The van der Waals surface area contributed by atoms with Crippen molar-refractivity contribution in [3.8, 4) is 0 Å². The molecule has 5 nitrogen and oxygen atoms in total. The highest BCUT2D eigenvalue weighted by Crippen LogP contribution is 2.38. The Labute approximate surface area is 172 Å². The molecular weight excluding hydrogens is 360 g/mol. The van der Waals surface area contributed by atoms with Crippen LogP contribution in [0.3, 0.4) is 0 Å². The number of nitrogens with zero attached hydrogens (tertiary/aromatic N) is 4. The van der Waals surface area contributed by atoms with Gasteiger partial charge in [0, 0.05) is 44.5 Å². The van der Waals surface area contributed by atoms with Gasteiger partial charge in [0.05, 0.1) is 6.04 Å². The monoisotopic (exact) mass is 390 g/mol. The molecule has 2 atom stereocenters. The van der Waals surface area contributed by atoms with Gasteiger partial charge in [0.2, 0.25) is 0 Å². The maximum absolute atomic E-state index is 11.8. The molecule has 0 aliphatic carbocycles. The topological polar surface area (TPSA) is 44.5 Å². The summed E-state index contributed by atoms with van der Waals surface area (Å²) < 4.78 is 2.12. The van der Waals surface area contributed by atoms with Gasteiger partial charge in [-0.3, -0.25) is 9.80 Å². The summed E-state index contributed by atoms with van der Waals surface area (Å²) in [7, 11) is 2.07. The van der Waals surface area contributed by atoms with Crippen molar-refractivity contribution >= 4 is 11.0 Å². The first-order chi connectivity index (χ1) is 14.1. The molecule has 0 bridgehead atoms. The van der Waals surface area contributed by atoms with E-state index in [2.05, 4.69) is 50.8 Å². The van der Waals surface area contributed by atoms with Crippen LogP contribution in [0.4, 0.5) is 0 Å². The fraction of sp³-hybridized carbons (Fsp3) is 0.458. The number of hydrogen-bond acceptors (Lipinski definition) is 4. The summed E-state index contributed by atoms with van der Waals surface area (Å²) in [6.45, 7) is 4.87. The van der Waals surface area contributed by atoms with E-state index in [0.29, 0.717) is 0 Å². The van der Waals surface area contributed by atoms with Crippen molar-refractivity contribution < 1.29 is 5.11 Å². The number of rotatable bonds is 4. The molecule has 152 valence electrons. The molecule has 1 aromatic carbocycles. The second kappa shape index (κ2) is 7.56. The third-order valence-electron chi connectivity index (χ3n) is 6.86. The number of likely N-dealkylation sites (tertiary alicyclic amines) is 2. The van der Waals surface area contributed by atoms with Crippen LogP contribution in [0.1, 0.15) is 30.4 Å². The SMILES string of the molecule is Cn1cc(CN2CC[C@](O)(c3ccccc3)[C@H](N3CCCC3)C2)c2cccnc21. The van der Waals surface area contributed by atoms with Crippen molar-refractivity contribution in [1.82, 2.24) is 19.4 Å². The van der Waals surface area contributed by atoms with Gasteiger partial charge in [-0.1, -0.05) is 30.3 Å². The van der Waals surface area contributed by atoms with E-state index in [1.54, 1.807) is 0 Å². The lowest BCUT2D eigenvalue weighted by molar-refractivity contribution is -0.0958. The maximum atomic E-state index is 11.8. The summed E-state index contributed by atoms with van der Waals surface area (Å²) in [4.78, 5) is 9.57. The zero-order valence-electron chi connectivity index (χ0n) is 17.2. The number of aryl methyl sites for hydroxylation is 1. The molecule has 2 saturated heterocycles. The van der Waals surface area contributed by atoms with Gasteiger partial charge < -0.3 is 9.67 Å². The van der Waals surface area contributed by atoms with E-state index in [9.17, 15) is 5.11 Å². The largest absolute Gasteiger partial charge is 0.383 e. The van der Waals surface area contributed by atoms with Crippen LogP contribution in [0.5, 0.6) is 0 Å². The molecule has 0 amide bonds. The predicted octanol–water partition coefficient (Wildman–Crippen LogP) is 3.13. The minimum atomic E-state index is -0.775. The number of benzene rings is 1. The van der Waals surface area contributed by atoms with Gasteiger partial charge in [-0.25, -0.2) is 4.98 Å². The van der Waals surface area contributed by atoms with Gasteiger partial charge in [-0.05, 0) is 55.6 Å². The van der Waals surface area contributed by atoms with E-state index in [-0.39, 0.29) is 6.04 Å². The van der Waals surface area contributed by atoms with Crippen LogP contribution in [0, 0.1) is 0 Å².